The number of benzene rings is 1. The van der Waals surface area contributed by atoms with E-state index in [4.69, 9.17) is 0 Å². The van der Waals surface area contributed by atoms with Gasteiger partial charge in [-0.2, -0.15) is 0 Å². The highest BCUT2D eigenvalue weighted by Gasteiger charge is 2.11. The van der Waals surface area contributed by atoms with Crippen LogP contribution >= 0.6 is 15.9 Å². The molecule has 1 atom stereocenters. The van der Waals surface area contributed by atoms with E-state index in [1.807, 2.05) is 6.92 Å². The first-order valence-corrected chi connectivity index (χ1v) is 6.59. The topological polar surface area (TPSA) is 29.1 Å². The van der Waals surface area contributed by atoms with E-state index >= 15 is 0 Å². The molecule has 88 valence electrons. The highest BCUT2D eigenvalue weighted by Crippen LogP contribution is 2.18. The molecule has 0 aliphatic rings. The third-order valence-electron chi connectivity index (χ3n) is 2.60. The van der Waals surface area contributed by atoms with Gasteiger partial charge < -0.3 is 5.32 Å². The predicted octanol–water partition coefficient (Wildman–Crippen LogP) is 3.27. The second-order valence-electron chi connectivity index (χ2n) is 4.09. The van der Waals surface area contributed by atoms with Crippen LogP contribution in [0.5, 0.6) is 0 Å². The number of amides is 1. The fourth-order valence-electron chi connectivity index (χ4n) is 1.70. The predicted molar refractivity (Wildman–Crippen MR) is 70.9 cm³/mol. The lowest BCUT2D eigenvalue weighted by Crippen LogP contribution is -2.27. The van der Waals surface area contributed by atoms with Gasteiger partial charge in [0.05, 0.1) is 6.04 Å². The largest absolute Gasteiger partial charge is 0.350 e. The molecule has 1 N–H and O–H groups in total. The van der Waals surface area contributed by atoms with Crippen LogP contribution in [0.2, 0.25) is 0 Å². The number of nitrogens with one attached hydrogen (secondary N) is 1. The van der Waals surface area contributed by atoms with Crippen molar-refractivity contribution in [2.75, 3.05) is 5.33 Å². The summed E-state index contributed by atoms with van der Waals surface area (Å²) in [5.74, 6) is 0.0882. The third kappa shape index (κ3) is 3.63. The molecule has 0 saturated heterocycles. The number of aryl methyl sites for hydroxylation is 2. The van der Waals surface area contributed by atoms with E-state index in [0.29, 0.717) is 11.8 Å². The Kier molecular flexibility index (Phi) is 5.00. The first-order valence-electron chi connectivity index (χ1n) is 5.47. The van der Waals surface area contributed by atoms with Crippen molar-refractivity contribution in [2.24, 2.45) is 0 Å². The van der Waals surface area contributed by atoms with Crippen LogP contribution in [0.1, 0.15) is 36.1 Å². The van der Waals surface area contributed by atoms with Crippen molar-refractivity contribution in [2.45, 2.75) is 33.2 Å². The average Bonchev–Trinajstić information content (AvgIpc) is 2.21. The van der Waals surface area contributed by atoms with Gasteiger partial charge in [-0.3, -0.25) is 4.79 Å². The molecule has 0 aliphatic heterocycles. The van der Waals surface area contributed by atoms with Crippen LogP contribution in [0, 0.1) is 13.8 Å². The van der Waals surface area contributed by atoms with Gasteiger partial charge in [-0.15, -0.1) is 0 Å². The molecule has 0 radical (unpaired) electrons. The average molecular weight is 284 g/mol. The fraction of sp³-hybridized carbons (Fsp3) is 0.462. The zero-order valence-corrected chi connectivity index (χ0v) is 11.6. The summed E-state index contributed by atoms with van der Waals surface area (Å²) in [7, 11) is 0. The van der Waals surface area contributed by atoms with Gasteiger partial charge in [-0.25, -0.2) is 0 Å². The summed E-state index contributed by atoms with van der Waals surface area (Å²) in [6, 6.07) is 6.39. The number of hydrogen-bond acceptors (Lipinski definition) is 1. The van der Waals surface area contributed by atoms with Gasteiger partial charge in [-0.1, -0.05) is 39.7 Å². The number of alkyl halides is 1. The molecule has 0 heterocycles. The van der Waals surface area contributed by atoms with E-state index < -0.39 is 0 Å². The van der Waals surface area contributed by atoms with E-state index in [1.165, 1.54) is 16.7 Å². The number of carbonyl (C=O) groups excluding carboxylic acids is 1. The molecule has 0 bridgehead atoms. The van der Waals surface area contributed by atoms with E-state index in [1.54, 1.807) is 0 Å². The minimum atomic E-state index is 0.0754. The van der Waals surface area contributed by atoms with Crippen molar-refractivity contribution >= 4 is 21.8 Å². The van der Waals surface area contributed by atoms with E-state index in [2.05, 4.69) is 53.3 Å². The highest BCUT2D eigenvalue weighted by molar-refractivity contribution is 9.09. The summed E-state index contributed by atoms with van der Waals surface area (Å²) in [6.45, 7) is 6.16. The van der Waals surface area contributed by atoms with Crippen molar-refractivity contribution in [1.82, 2.24) is 5.32 Å². The second kappa shape index (κ2) is 6.04. The van der Waals surface area contributed by atoms with Crippen LogP contribution in [-0.2, 0) is 4.79 Å². The Bertz CT molecular complexity index is 376. The van der Waals surface area contributed by atoms with Gasteiger partial charge in [-0.05, 0) is 31.9 Å². The summed E-state index contributed by atoms with van der Waals surface area (Å²) in [6.07, 6.45) is 0.523. The SMILES string of the molecule is Cc1ccc(C)c(C(C)NC(=O)CCBr)c1. The molecule has 0 spiro atoms. The Morgan fingerprint density at radius 1 is 1.44 bits per heavy atom. The summed E-state index contributed by atoms with van der Waals surface area (Å²) >= 11 is 3.26. The normalized spacial score (nSPS) is 12.2. The summed E-state index contributed by atoms with van der Waals surface area (Å²) < 4.78 is 0. The molecule has 3 heteroatoms. The van der Waals surface area contributed by atoms with Crippen LogP contribution in [0.4, 0.5) is 0 Å². The molecule has 1 unspecified atom stereocenters. The molecule has 0 aromatic heterocycles. The van der Waals surface area contributed by atoms with Crippen molar-refractivity contribution < 1.29 is 4.79 Å². The van der Waals surface area contributed by atoms with E-state index in [9.17, 15) is 4.79 Å². The van der Waals surface area contributed by atoms with Gasteiger partial charge in [0.1, 0.15) is 0 Å². The highest BCUT2D eigenvalue weighted by atomic mass is 79.9. The molecule has 0 fully saturated rings. The summed E-state index contributed by atoms with van der Waals surface area (Å²) in [4.78, 5) is 11.5. The van der Waals surface area contributed by atoms with Crippen LogP contribution < -0.4 is 5.32 Å². The van der Waals surface area contributed by atoms with Crippen LogP contribution in [0.3, 0.4) is 0 Å². The number of carbonyl (C=O) groups is 1. The van der Waals surface area contributed by atoms with Gasteiger partial charge in [0.15, 0.2) is 0 Å². The molecule has 1 rings (SSSR count). The quantitative estimate of drug-likeness (QED) is 0.845. The Hall–Kier alpha value is -0.830. The second-order valence-corrected chi connectivity index (χ2v) is 4.88. The maximum atomic E-state index is 11.5. The van der Waals surface area contributed by atoms with E-state index in [-0.39, 0.29) is 11.9 Å². The Balaban J connectivity index is 2.76. The van der Waals surface area contributed by atoms with Gasteiger partial charge in [0.25, 0.3) is 0 Å². The first-order chi connectivity index (χ1) is 7.54. The molecular weight excluding hydrogens is 266 g/mol. The minimum Gasteiger partial charge on any atom is -0.350 e. The van der Waals surface area contributed by atoms with E-state index in [0.717, 1.165) is 0 Å². The van der Waals surface area contributed by atoms with Crippen LogP contribution in [0.25, 0.3) is 0 Å². The number of hydrogen-bond donors (Lipinski definition) is 1. The lowest BCUT2D eigenvalue weighted by Gasteiger charge is -2.17. The molecule has 1 aromatic rings. The number of halogens is 1. The number of rotatable bonds is 4. The zero-order chi connectivity index (χ0) is 12.1. The summed E-state index contributed by atoms with van der Waals surface area (Å²) in [5, 5.41) is 3.70. The van der Waals surface area contributed by atoms with Gasteiger partial charge >= 0.3 is 0 Å². The molecule has 0 saturated carbocycles. The lowest BCUT2D eigenvalue weighted by atomic mass is 10.00. The minimum absolute atomic E-state index is 0.0754. The third-order valence-corrected chi connectivity index (χ3v) is 3.00. The first kappa shape index (κ1) is 13.2. The van der Waals surface area contributed by atoms with Gasteiger partial charge in [0, 0.05) is 11.8 Å². The Morgan fingerprint density at radius 3 is 2.75 bits per heavy atom. The Morgan fingerprint density at radius 2 is 2.12 bits per heavy atom. The molecule has 1 aromatic carbocycles. The van der Waals surface area contributed by atoms with Crippen LogP contribution in [-0.4, -0.2) is 11.2 Å². The van der Waals surface area contributed by atoms with Crippen molar-refractivity contribution in [3.63, 3.8) is 0 Å². The zero-order valence-electron chi connectivity index (χ0n) is 10.0. The molecule has 2 nitrogen and oxygen atoms in total. The Labute approximate surface area is 106 Å². The maximum Gasteiger partial charge on any atom is 0.221 e. The molecule has 0 aliphatic carbocycles. The van der Waals surface area contributed by atoms with Crippen LogP contribution in [0.15, 0.2) is 18.2 Å². The maximum absolute atomic E-state index is 11.5. The standard InChI is InChI=1S/C13H18BrNO/c1-9-4-5-10(2)12(8-9)11(3)15-13(16)6-7-14/h4-5,8,11H,6-7H2,1-3H3,(H,15,16). The lowest BCUT2D eigenvalue weighted by molar-refractivity contribution is -0.121. The smallest absolute Gasteiger partial charge is 0.221 e. The fourth-order valence-corrected chi connectivity index (χ4v) is 2.06. The van der Waals surface area contributed by atoms with Gasteiger partial charge in [0.2, 0.25) is 5.91 Å². The van der Waals surface area contributed by atoms with Crippen molar-refractivity contribution in [1.29, 1.82) is 0 Å². The monoisotopic (exact) mass is 283 g/mol. The van der Waals surface area contributed by atoms with Crippen molar-refractivity contribution in [3.05, 3.63) is 34.9 Å². The molecular formula is C13H18BrNO. The molecule has 1 amide bonds. The summed E-state index contributed by atoms with van der Waals surface area (Å²) in [5.41, 5.74) is 3.64. The molecule has 16 heavy (non-hydrogen) atoms. The van der Waals surface area contributed by atoms with Crippen molar-refractivity contribution in [3.8, 4) is 0 Å².